The minimum Gasteiger partial charge on any atom is -0.473 e. The molecule has 0 aliphatic heterocycles. The quantitative estimate of drug-likeness (QED) is 0.796. The molecule has 0 amide bonds. The highest BCUT2D eigenvalue weighted by Gasteiger charge is 2.14. The van der Waals surface area contributed by atoms with Gasteiger partial charge in [0.2, 0.25) is 11.8 Å². The van der Waals surface area contributed by atoms with Gasteiger partial charge < -0.3 is 15.2 Å². The van der Waals surface area contributed by atoms with Crippen LogP contribution in [0.1, 0.15) is 13.8 Å². The molecule has 0 saturated heterocycles. The van der Waals surface area contributed by atoms with Gasteiger partial charge in [0, 0.05) is 11.6 Å². The van der Waals surface area contributed by atoms with Crippen LogP contribution in [0, 0.1) is 0 Å². The number of para-hydroxylation sites is 1. The van der Waals surface area contributed by atoms with Gasteiger partial charge >= 0.3 is 0 Å². The topological polar surface area (TPSA) is 83.2 Å². The number of benzene rings is 1. The summed E-state index contributed by atoms with van der Waals surface area (Å²) in [6.07, 6.45) is 3.04. The zero-order valence-electron chi connectivity index (χ0n) is 12.4. The van der Waals surface area contributed by atoms with Crippen LogP contribution in [0.25, 0.3) is 10.9 Å². The fourth-order valence-corrected chi connectivity index (χ4v) is 2.03. The first-order valence-corrected chi connectivity index (χ1v) is 6.94. The number of rotatable bonds is 4. The Hall–Kier alpha value is -2.89. The maximum Gasteiger partial charge on any atom is 0.249 e. The van der Waals surface area contributed by atoms with Gasteiger partial charge in [-0.3, -0.25) is 4.98 Å². The Bertz CT molecular complexity index is 800. The minimum atomic E-state index is -0.0377. The van der Waals surface area contributed by atoms with Crippen LogP contribution in [0.5, 0.6) is 17.5 Å². The zero-order chi connectivity index (χ0) is 15.5. The lowest BCUT2D eigenvalue weighted by molar-refractivity contribution is 0.233. The third-order valence-electron chi connectivity index (χ3n) is 2.96. The van der Waals surface area contributed by atoms with Gasteiger partial charge in [0.25, 0.3) is 0 Å². The third kappa shape index (κ3) is 2.76. The van der Waals surface area contributed by atoms with Crippen molar-refractivity contribution in [3.05, 3.63) is 42.9 Å². The van der Waals surface area contributed by atoms with Crippen molar-refractivity contribution in [3.8, 4) is 17.5 Å². The van der Waals surface area contributed by atoms with E-state index in [4.69, 9.17) is 15.2 Å². The molecule has 0 aliphatic carbocycles. The molecule has 22 heavy (non-hydrogen) atoms. The first kappa shape index (κ1) is 14.1. The average molecular weight is 296 g/mol. The van der Waals surface area contributed by atoms with E-state index in [1.54, 1.807) is 6.20 Å². The van der Waals surface area contributed by atoms with Crippen molar-refractivity contribution in [3.63, 3.8) is 0 Å². The van der Waals surface area contributed by atoms with E-state index < -0.39 is 0 Å². The van der Waals surface area contributed by atoms with Crippen molar-refractivity contribution in [2.24, 2.45) is 0 Å². The number of pyridine rings is 1. The zero-order valence-corrected chi connectivity index (χ0v) is 12.4. The second-order valence-electron chi connectivity index (χ2n) is 5.00. The van der Waals surface area contributed by atoms with E-state index in [0.717, 1.165) is 10.9 Å². The number of nitrogen functional groups attached to an aromatic ring is 1. The van der Waals surface area contributed by atoms with E-state index in [1.165, 1.54) is 6.33 Å². The number of nitrogens with two attached hydrogens (primary N) is 1. The summed E-state index contributed by atoms with van der Waals surface area (Å²) in [7, 11) is 0. The molecule has 3 rings (SSSR count). The molecule has 0 fully saturated rings. The Morgan fingerprint density at radius 3 is 2.59 bits per heavy atom. The van der Waals surface area contributed by atoms with Crippen LogP contribution in [0.4, 0.5) is 5.69 Å². The number of anilines is 1. The predicted octanol–water partition coefficient (Wildman–Crippen LogP) is 3.19. The van der Waals surface area contributed by atoms with Gasteiger partial charge in [-0.2, -0.15) is 9.97 Å². The molecule has 6 nitrogen and oxygen atoms in total. The smallest absolute Gasteiger partial charge is 0.249 e. The molecule has 2 aromatic heterocycles. The molecule has 1 aromatic carbocycles. The molecule has 112 valence electrons. The van der Waals surface area contributed by atoms with Crippen molar-refractivity contribution in [1.29, 1.82) is 0 Å². The van der Waals surface area contributed by atoms with Crippen molar-refractivity contribution in [1.82, 2.24) is 15.0 Å². The van der Waals surface area contributed by atoms with Gasteiger partial charge in [-0.25, -0.2) is 0 Å². The molecule has 0 unspecified atom stereocenters. The molecule has 2 heterocycles. The predicted molar refractivity (Wildman–Crippen MR) is 84.0 cm³/mol. The van der Waals surface area contributed by atoms with Crippen LogP contribution in [0.2, 0.25) is 0 Å². The highest BCUT2D eigenvalue weighted by molar-refractivity contribution is 5.84. The SMILES string of the molecule is CC(C)Oc1ncnc(Oc2cccc3cccnc23)c1N. The molecule has 3 aromatic rings. The summed E-state index contributed by atoms with van der Waals surface area (Å²) >= 11 is 0. The fourth-order valence-electron chi connectivity index (χ4n) is 2.03. The summed E-state index contributed by atoms with van der Waals surface area (Å²) in [6, 6.07) is 9.51. The molecular formula is C16H16N4O2. The average Bonchev–Trinajstić information content (AvgIpc) is 2.51. The maximum absolute atomic E-state index is 6.03. The highest BCUT2D eigenvalue weighted by atomic mass is 16.5. The Balaban J connectivity index is 1.99. The molecule has 0 bridgehead atoms. The number of nitrogens with zero attached hydrogens (tertiary/aromatic N) is 3. The van der Waals surface area contributed by atoms with Crippen LogP contribution < -0.4 is 15.2 Å². The van der Waals surface area contributed by atoms with Crippen LogP contribution >= 0.6 is 0 Å². The van der Waals surface area contributed by atoms with Crippen molar-refractivity contribution in [2.45, 2.75) is 20.0 Å². The summed E-state index contributed by atoms with van der Waals surface area (Å²) in [4.78, 5) is 12.4. The molecule has 0 spiro atoms. The number of hydrogen-bond acceptors (Lipinski definition) is 6. The summed E-state index contributed by atoms with van der Waals surface area (Å²) in [6.45, 7) is 3.80. The van der Waals surface area contributed by atoms with E-state index in [1.807, 2.05) is 44.2 Å². The van der Waals surface area contributed by atoms with Crippen molar-refractivity contribution in [2.75, 3.05) is 5.73 Å². The lowest BCUT2D eigenvalue weighted by Gasteiger charge is -2.13. The van der Waals surface area contributed by atoms with E-state index in [9.17, 15) is 0 Å². The van der Waals surface area contributed by atoms with Crippen LogP contribution in [0.3, 0.4) is 0 Å². The van der Waals surface area contributed by atoms with E-state index in [-0.39, 0.29) is 17.7 Å². The monoisotopic (exact) mass is 296 g/mol. The summed E-state index contributed by atoms with van der Waals surface area (Å²) in [5.41, 5.74) is 7.04. The van der Waals surface area contributed by atoms with Gasteiger partial charge in [0.15, 0.2) is 11.4 Å². The van der Waals surface area contributed by atoms with Crippen LogP contribution in [-0.4, -0.2) is 21.1 Å². The lowest BCUT2D eigenvalue weighted by Crippen LogP contribution is -2.10. The summed E-state index contributed by atoms with van der Waals surface area (Å²) in [5, 5.41) is 0.978. The number of ether oxygens (including phenoxy) is 2. The normalized spacial score (nSPS) is 10.9. The van der Waals surface area contributed by atoms with Gasteiger partial charge in [-0.05, 0) is 26.0 Å². The standard InChI is InChI=1S/C16H16N4O2/c1-10(2)21-15-13(17)16(20-9-19-15)22-12-7-3-5-11-6-4-8-18-14(11)12/h3-10H,17H2,1-2H3. The second-order valence-corrected chi connectivity index (χ2v) is 5.00. The molecular weight excluding hydrogens is 280 g/mol. The lowest BCUT2D eigenvalue weighted by atomic mass is 10.2. The molecule has 6 heteroatoms. The van der Waals surface area contributed by atoms with Crippen molar-refractivity contribution >= 4 is 16.6 Å². The first-order valence-electron chi connectivity index (χ1n) is 6.94. The summed E-state index contributed by atoms with van der Waals surface area (Å²) < 4.78 is 11.4. The van der Waals surface area contributed by atoms with Crippen LogP contribution in [-0.2, 0) is 0 Å². The van der Waals surface area contributed by atoms with E-state index in [0.29, 0.717) is 11.6 Å². The third-order valence-corrected chi connectivity index (χ3v) is 2.96. The first-order chi connectivity index (χ1) is 10.6. The van der Waals surface area contributed by atoms with Gasteiger partial charge in [0.05, 0.1) is 6.10 Å². The largest absolute Gasteiger partial charge is 0.473 e. The number of fused-ring (bicyclic) bond motifs is 1. The second kappa shape index (κ2) is 5.85. The Labute approximate surface area is 127 Å². The highest BCUT2D eigenvalue weighted by Crippen LogP contribution is 2.33. The maximum atomic E-state index is 6.03. The van der Waals surface area contributed by atoms with Gasteiger partial charge in [-0.15, -0.1) is 0 Å². The molecule has 2 N–H and O–H groups in total. The summed E-state index contributed by atoms with van der Waals surface area (Å²) in [5.74, 6) is 1.15. The molecule has 0 atom stereocenters. The fraction of sp³-hybridized carbons (Fsp3) is 0.188. The molecule has 0 radical (unpaired) electrons. The Kier molecular flexibility index (Phi) is 3.74. The van der Waals surface area contributed by atoms with E-state index in [2.05, 4.69) is 15.0 Å². The van der Waals surface area contributed by atoms with E-state index >= 15 is 0 Å². The van der Waals surface area contributed by atoms with Crippen molar-refractivity contribution < 1.29 is 9.47 Å². The van der Waals surface area contributed by atoms with Gasteiger partial charge in [-0.1, -0.05) is 18.2 Å². The Morgan fingerprint density at radius 2 is 1.77 bits per heavy atom. The Morgan fingerprint density at radius 1 is 1.00 bits per heavy atom. The van der Waals surface area contributed by atoms with Crippen LogP contribution in [0.15, 0.2) is 42.9 Å². The molecule has 0 saturated carbocycles. The number of hydrogen-bond donors (Lipinski definition) is 1. The molecule has 0 aliphatic rings. The van der Waals surface area contributed by atoms with Gasteiger partial charge in [0.1, 0.15) is 11.8 Å². The minimum absolute atomic E-state index is 0.0377. The number of aromatic nitrogens is 3.